The number of thiazole rings is 1. The molecule has 2 N–H and O–H groups in total. The highest BCUT2D eigenvalue weighted by Gasteiger charge is 2.39. The zero-order valence-electron chi connectivity index (χ0n) is 11.8. The van der Waals surface area contributed by atoms with Gasteiger partial charge in [0.25, 0.3) is 5.91 Å². The molecule has 4 heterocycles. The molecule has 7 heteroatoms. The van der Waals surface area contributed by atoms with Crippen molar-refractivity contribution in [2.24, 2.45) is 0 Å². The molecule has 4 rings (SSSR count). The van der Waals surface area contributed by atoms with Gasteiger partial charge in [0.1, 0.15) is 15.6 Å². The van der Waals surface area contributed by atoms with Crippen molar-refractivity contribution in [3.05, 3.63) is 35.2 Å². The van der Waals surface area contributed by atoms with E-state index in [1.807, 2.05) is 0 Å². The molecular weight excluding hydrogens is 303 g/mol. The van der Waals surface area contributed by atoms with Gasteiger partial charge in [-0.15, -0.1) is 11.3 Å². The van der Waals surface area contributed by atoms with Gasteiger partial charge >= 0.3 is 0 Å². The van der Waals surface area contributed by atoms with Crippen LogP contribution in [-0.2, 0) is 0 Å². The summed E-state index contributed by atoms with van der Waals surface area (Å²) >= 11 is 1.17. The maximum absolute atomic E-state index is 13.7. The number of aromatic nitrogens is 2. The molecule has 2 bridgehead atoms. The van der Waals surface area contributed by atoms with Crippen LogP contribution in [-0.4, -0.2) is 34.0 Å². The Balaban J connectivity index is 1.49. The lowest BCUT2D eigenvalue weighted by atomic mass is 9.95. The molecule has 0 unspecified atom stereocenters. The first-order chi connectivity index (χ1) is 10.7. The van der Waals surface area contributed by atoms with Gasteiger partial charge in [-0.25, -0.2) is 9.37 Å². The first kappa shape index (κ1) is 13.8. The smallest absolute Gasteiger partial charge is 0.263 e. The number of nitrogens with zero attached hydrogens (tertiary/aromatic N) is 2. The summed E-state index contributed by atoms with van der Waals surface area (Å²) in [5.74, 6) is -0.569. The van der Waals surface area contributed by atoms with E-state index in [4.69, 9.17) is 0 Å². The molecule has 1 amide bonds. The van der Waals surface area contributed by atoms with Crippen LogP contribution < -0.4 is 10.6 Å². The van der Waals surface area contributed by atoms with Crippen molar-refractivity contribution < 1.29 is 9.18 Å². The molecule has 3 atom stereocenters. The largest absolute Gasteiger partial charge is 0.347 e. The second-order valence-electron chi connectivity index (χ2n) is 5.73. The third kappa shape index (κ3) is 2.40. The zero-order valence-corrected chi connectivity index (χ0v) is 12.6. The highest BCUT2D eigenvalue weighted by molar-refractivity contribution is 7.16. The van der Waals surface area contributed by atoms with Crippen molar-refractivity contribution in [3.63, 3.8) is 0 Å². The molecule has 0 aliphatic carbocycles. The number of pyridine rings is 1. The molecular formula is C15H15FN4OS. The third-order valence-electron chi connectivity index (χ3n) is 4.31. The van der Waals surface area contributed by atoms with Gasteiger partial charge in [-0.1, -0.05) is 0 Å². The average Bonchev–Trinajstić information content (AvgIpc) is 3.24. The number of amides is 1. The van der Waals surface area contributed by atoms with Crippen LogP contribution in [0.25, 0.3) is 10.7 Å². The van der Waals surface area contributed by atoms with E-state index in [1.165, 1.54) is 42.3 Å². The fourth-order valence-corrected chi connectivity index (χ4v) is 4.07. The Bertz CT molecular complexity index is 719. The molecule has 114 valence electrons. The van der Waals surface area contributed by atoms with Gasteiger partial charge in [-0.3, -0.25) is 9.78 Å². The Kier molecular flexibility index (Phi) is 3.38. The van der Waals surface area contributed by atoms with Gasteiger partial charge in [0, 0.05) is 24.3 Å². The molecule has 2 fully saturated rings. The predicted molar refractivity (Wildman–Crippen MR) is 81.1 cm³/mol. The lowest BCUT2D eigenvalue weighted by Gasteiger charge is -2.20. The normalized spacial score (nSPS) is 26.3. The maximum Gasteiger partial charge on any atom is 0.263 e. The average molecular weight is 318 g/mol. The second kappa shape index (κ2) is 5.40. The van der Waals surface area contributed by atoms with Crippen molar-refractivity contribution in [2.45, 2.75) is 37.4 Å². The molecule has 0 spiro atoms. The predicted octanol–water partition coefficient (Wildman–Crippen LogP) is 1.97. The Morgan fingerprint density at radius 1 is 1.41 bits per heavy atom. The monoisotopic (exact) mass is 318 g/mol. The summed E-state index contributed by atoms with van der Waals surface area (Å²) in [5.41, 5.74) is 0.188. The standard InChI is InChI=1S/C15H15FN4OS/c16-9-2-1-5-17-13(9)15-18-7-12(22-15)14(21)20-11-6-8-3-4-10(11)19-8/h1-2,5,7-8,10-11,19H,3-4,6H2,(H,20,21)/t8-,10+,11-/m1/s1. The van der Waals surface area contributed by atoms with Crippen molar-refractivity contribution in [1.82, 2.24) is 20.6 Å². The van der Waals surface area contributed by atoms with Crippen molar-refractivity contribution in [1.29, 1.82) is 0 Å². The Labute approximate surface area is 131 Å². The maximum atomic E-state index is 13.7. The number of rotatable bonds is 3. The molecule has 2 aliphatic heterocycles. The second-order valence-corrected chi connectivity index (χ2v) is 6.76. The molecule has 2 saturated heterocycles. The lowest BCUT2D eigenvalue weighted by Crippen LogP contribution is -2.42. The fraction of sp³-hybridized carbons (Fsp3) is 0.400. The van der Waals surface area contributed by atoms with Crippen molar-refractivity contribution in [2.75, 3.05) is 0 Å². The van der Waals surface area contributed by atoms with Gasteiger partial charge in [-0.2, -0.15) is 0 Å². The summed E-state index contributed by atoms with van der Waals surface area (Å²) < 4.78 is 13.7. The summed E-state index contributed by atoms with van der Waals surface area (Å²) in [6.45, 7) is 0. The highest BCUT2D eigenvalue weighted by atomic mass is 32.1. The van der Waals surface area contributed by atoms with Crippen LogP contribution in [0.5, 0.6) is 0 Å². The number of hydrogen-bond acceptors (Lipinski definition) is 5. The Hall–Kier alpha value is -1.86. The number of carbonyl (C=O) groups excluding carboxylic acids is 1. The summed E-state index contributed by atoms with van der Waals surface area (Å²) in [6, 6.07) is 3.97. The fourth-order valence-electron chi connectivity index (χ4n) is 3.25. The van der Waals surface area contributed by atoms with Crippen LogP contribution in [0.4, 0.5) is 4.39 Å². The SMILES string of the molecule is O=C(N[C@@H]1C[C@H]2CC[C@@H]1N2)c1cnc(-c2ncccc2F)s1. The summed E-state index contributed by atoms with van der Waals surface area (Å²) in [5, 5.41) is 6.97. The number of hydrogen-bond donors (Lipinski definition) is 2. The van der Waals surface area contributed by atoms with Crippen molar-refractivity contribution in [3.8, 4) is 10.7 Å². The van der Waals surface area contributed by atoms with E-state index in [9.17, 15) is 9.18 Å². The summed E-state index contributed by atoms with van der Waals surface area (Å²) in [7, 11) is 0. The number of fused-ring (bicyclic) bond motifs is 2. The lowest BCUT2D eigenvalue weighted by molar-refractivity contribution is 0.0935. The molecule has 22 heavy (non-hydrogen) atoms. The van der Waals surface area contributed by atoms with Gasteiger partial charge in [0.05, 0.1) is 6.20 Å². The van der Waals surface area contributed by atoms with Crippen LogP contribution in [0.1, 0.15) is 28.9 Å². The summed E-state index contributed by atoms with van der Waals surface area (Å²) in [4.78, 5) is 20.9. The Morgan fingerprint density at radius 3 is 3.05 bits per heavy atom. The molecule has 0 saturated carbocycles. The molecule has 0 aromatic carbocycles. The van der Waals surface area contributed by atoms with E-state index in [0.29, 0.717) is 22.0 Å². The molecule has 5 nitrogen and oxygen atoms in total. The first-order valence-corrected chi connectivity index (χ1v) is 8.16. The quantitative estimate of drug-likeness (QED) is 0.908. The van der Waals surface area contributed by atoms with E-state index in [1.54, 1.807) is 0 Å². The van der Waals surface area contributed by atoms with E-state index in [-0.39, 0.29) is 17.6 Å². The van der Waals surface area contributed by atoms with E-state index < -0.39 is 5.82 Å². The zero-order chi connectivity index (χ0) is 15.1. The number of nitrogens with one attached hydrogen (secondary N) is 2. The van der Waals surface area contributed by atoms with Crippen LogP contribution >= 0.6 is 11.3 Å². The number of carbonyl (C=O) groups is 1. The Morgan fingerprint density at radius 2 is 2.32 bits per heavy atom. The van der Waals surface area contributed by atoms with E-state index >= 15 is 0 Å². The molecule has 2 aliphatic rings. The van der Waals surface area contributed by atoms with Gasteiger partial charge in [0.2, 0.25) is 0 Å². The van der Waals surface area contributed by atoms with Crippen molar-refractivity contribution >= 4 is 17.2 Å². The molecule has 2 aromatic rings. The minimum atomic E-state index is -0.430. The topological polar surface area (TPSA) is 66.9 Å². The minimum Gasteiger partial charge on any atom is -0.347 e. The minimum absolute atomic E-state index is 0.139. The molecule has 0 radical (unpaired) electrons. The van der Waals surface area contributed by atoms with Crippen LogP contribution in [0.2, 0.25) is 0 Å². The van der Waals surface area contributed by atoms with Gasteiger partial charge in [-0.05, 0) is 31.4 Å². The summed E-state index contributed by atoms with van der Waals surface area (Å²) in [6.07, 6.45) is 6.30. The van der Waals surface area contributed by atoms with Crippen LogP contribution in [0.15, 0.2) is 24.5 Å². The highest BCUT2D eigenvalue weighted by Crippen LogP contribution is 2.29. The first-order valence-electron chi connectivity index (χ1n) is 7.34. The van der Waals surface area contributed by atoms with E-state index in [2.05, 4.69) is 20.6 Å². The molecule has 2 aromatic heterocycles. The number of halogens is 1. The van der Waals surface area contributed by atoms with Crippen LogP contribution in [0, 0.1) is 5.82 Å². The van der Waals surface area contributed by atoms with E-state index in [0.717, 1.165) is 12.8 Å². The van der Waals surface area contributed by atoms with Gasteiger partial charge < -0.3 is 10.6 Å². The van der Waals surface area contributed by atoms with Crippen LogP contribution in [0.3, 0.4) is 0 Å². The third-order valence-corrected chi connectivity index (χ3v) is 5.31. The van der Waals surface area contributed by atoms with Gasteiger partial charge in [0.15, 0.2) is 5.82 Å².